The van der Waals surface area contributed by atoms with Crippen molar-refractivity contribution in [1.29, 1.82) is 0 Å². The van der Waals surface area contributed by atoms with Crippen LogP contribution in [0, 0.1) is 0 Å². The van der Waals surface area contributed by atoms with E-state index in [1.165, 1.54) is 10.8 Å². The minimum Gasteiger partial charge on any atom is -0.464 e. The Bertz CT molecular complexity index is 351. The van der Waals surface area contributed by atoms with E-state index in [0.717, 1.165) is 5.58 Å². The van der Waals surface area contributed by atoms with Gasteiger partial charge in [-0.3, -0.25) is 0 Å². The van der Waals surface area contributed by atoms with Gasteiger partial charge >= 0.3 is 0 Å². The van der Waals surface area contributed by atoms with Crippen molar-refractivity contribution in [2.45, 2.75) is 0 Å². The van der Waals surface area contributed by atoms with Crippen LogP contribution < -0.4 is 5.46 Å². The summed E-state index contributed by atoms with van der Waals surface area (Å²) in [5.74, 6) is 0. The molecule has 0 aliphatic carbocycles. The molecule has 48 valence electrons. The minimum absolute atomic E-state index is 0.972. The van der Waals surface area contributed by atoms with Crippen molar-refractivity contribution in [3.8, 4) is 0 Å². The van der Waals surface area contributed by atoms with Crippen molar-refractivity contribution in [1.82, 2.24) is 0 Å². The van der Waals surface area contributed by atoms with Crippen LogP contribution in [0.4, 0.5) is 0 Å². The second-order valence-corrected chi connectivity index (χ2v) is 2.41. The van der Waals surface area contributed by atoms with Crippen LogP contribution in [-0.4, -0.2) is 7.85 Å². The predicted octanol–water partition coefficient (Wildman–Crippen LogP) is 0.691. The molecular weight excluding hydrogens is 123 g/mol. The average Bonchev–Trinajstić information content (AvgIpc) is 2.36. The van der Waals surface area contributed by atoms with Crippen LogP contribution >= 0.6 is 0 Å². The van der Waals surface area contributed by atoms with Crippen LogP contribution in [0.5, 0.6) is 0 Å². The summed E-state index contributed by atoms with van der Waals surface area (Å²) in [6.07, 6.45) is 1.72. The van der Waals surface area contributed by atoms with Gasteiger partial charge < -0.3 is 4.42 Å². The van der Waals surface area contributed by atoms with E-state index in [0.29, 0.717) is 0 Å². The fraction of sp³-hybridized carbons (Fsp3) is 0. The molecule has 2 rings (SSSR count). The van der Waals surface area contributed by atoms with Gasteiger partial charge in [0.2, 0.25) is 0 Å². The van der Waals surface area contributed by atoms with Crippen LogP contribution in [-0.2, 0) is 0 Å². The largest absolute Gasteiger partial charge is 0.464 e. The topological polar surface area (TPSA) is 13.1 Å². The summed E-state index contributed by atoms with van der Waals surface area (Å²) in [7, 11) is 2.08. The van der Waals surface area contributed by atoms with Gasteiger partial charge in [-0.25, -0.2) is 0 Å². The number of hydrogen-bond donors (Lipinski definition) is 0. The monoisotopic (exact) mass is 130 g/mol. The zero-order valence-electron chi connectivity index (χ0n) is 5.79. The molecule has 2 heteroatoms. The van der Waals surface area contributed by atoms with Gasteiger partial charge in [0.15, 0.2) is 0 Å². The fourth-order valence-corrected chi connectivity index (χ4v) is 1.15. The minimum atomic E-state index is 0.972. The highest BCUT2D eigenvalue weighted by molar-refractivity contribution is 6.38. The molecule has 0 saturated heterocycles. The van der Waals surface area contributed by atoms with E-state index in [1.807, 2.05) is 18.2 Å². The lowest BCUT2D eigenvalue weighted by molar-refractivity contribution is 0.616. The molecule has 10 heavy (non-hydrogen) atoms. The Morgan fingerprint density at radius 3 is 2.90 bits per heavy atom. The van der Waals surface area contributed by atoms with E-state index in [9.17, 15) is 0 Å². The van der Waals surface area contributed by atoms with Crippen LogP contribution in [0.2, 0.25) is 0 Å². The number of hydrogen-bond acceptors (Lipinski definition) is 1. The first kappa shape index (κ1) is 5.60. The van der Waals surface area contributed by atoms with Crippen LogP contribution in [0.15, 0.2) is 34.9 Å². The SMILES string of the molecule is Bc1cccc2occc12. The third-order valence-corrected chi connectivity index (χ3v) is 1.71. The van der Waals surface area contributed by atoms with Crippen LogP contribution in [0.25, 0.3) is 11.0 Å². The zero-order valence-corrected chi connectivity index (χ0v) is 5.79. The Hall–Kier alpha value is -1.18. The molecule has 0 radical (unpaired) electrons. The molecule has 1 heterocycles. The summed E-state index contributed by atoms with van der Waals surface area (Å²) in [6, 6.07) is 8.05. The summed E-state index contributed by atoms with van der Waals surface area (Å²) in [6.45, 7) is 0. The lowest BCUT2D eigenvalue weighted by Crippen LogP contribution is -2.00. The van der Waals surface area contributed by atoms with E-state index in [4.69, 9.17) is 4.42 Å². The maximum absolute atomic E-state index is 5.20. The Kier molecular flexibility index (Phi) is 1.07. The molecule has 0 amide bonds. The van der Waals surface area contributed by atoms with Crippen molar-refractivity contribution in [3.63, 3.8) is 0 Å². The summed E-state index contributed by atoms with van der Waals surface area (Å²) >= 11 is 0. The number of benzene rings is 1. The molecule has 0 aliphatic heterocycles. The number of furan rings is 1. The normalized spacial score (nSPS) is 10.4. The Morgan fingerprint density at radius 1 is 1.20 bits per heavy atom. The van der Waals surface area contributed by atoms with Gasteiger partial charge in [0.25, 0.3) is 0 Å². The zero-order chi connectivity index (χ0) is 6.97. The molecular formula is C8H7BO. The highest BCUT2D eigenvalue weighted by atomic mass is 16.3. The van der Waals surface area contributed by atoms with Crippen LogP contribution in [0.3, 0.4) is 0 Å². The highest BCUT2D eigenvalue weighted by Crippen LogP contribution is 2.10. The summed E-state index contributed by atoms with van der Waals surface area (Å²) in [5.41, 5.74) is 2.24. The second kappa shape index (κ2) is 1.91. The molecule has 2 aromatic rings. The van der Waals surface area contributed by atoms with Gasteiger partial charge in [-0.1, -0.05) is 17.6 Å². The summed E-state index contributed by atoms with van der Waals surface area (Å²) in [4.78, 5) is 0. The second-order valence-electron chi connectivity index (χ2n) is 2.41. The Labute approximate surface area is 60.1 Å². The molecule has 1 aromatic heterocycles. The number of fused-ring (bicyclic) bond motifs is 1. The third kappa shape index (κ3) is 0.653. The van der Waals surface area contributed by atoms with Crippen molar-refractivity contribution in [2.24, 2.45) is 0 Å². The third-order valence-electron chi connectivity index (χ3n) is 1.71. The first-order valence-electron chi connectivity index (χ1n) is 3.31. The van der Waals surface area contributed by atoms with Gasteiger partial charge in [-0.05, 0) is 12.1 Å². The van der Waals surface area contributed by atoms with Gasteiger partial charge in [0.05, 0.1) is 6.26 Å². The molecule has 0 spiro atoms. The lowest BCUT2D eigenvalue weighted by atomic mass is 9.93. The van der Waals surface area contributed by atoms with E-state index in [-0.39, 0.29) is 0 Å². The molecule has 0 unspecified atom stereocenters. The maximum Gasteiger partial charge on any atom is 0.140 e. The molecule has 1 aromatic carbocycles. The molecule has 1 nitrogen and oxygen atoms in total. The van der Waals surface area contributed by atoms with Crippen molar-refractivity contribution in [2.75, 3.05) is 0 Å². The lowest BCUT2D eigenvalue weighted by Gasteiger charge is -1.90. The van der Waals surface area contributed by atoms with Gasteiger partial charge in [0, 0.05) is 5.39 Å². The Balaban J connectivity index is 2.95. The molecule has 0 fully saturated rings. The van der Waals surface area contributed by atoms with E-state index in [1.54, 1.807) is 6.26 Å². The molecule has 0 aliphatic rings. The highest BCUT2D eigenvalue weighted by Gasteiger charge is 1.95. The van der Waals surface area contributed by atoms with Crippen molar-refractivity contribution in [3.05, 3.63) is 30.5 Å². The quantitative estimate of drug-likeness (QED) is 0.478. The number of rotatable bonds is 0. The Morgan fingerprint density at radius 2 is 2.10 bits per heavy atom. The average molecular weight is 130 g/mol. The molecule has 0 N–H and O–H groups in total. The van der Waals surface area contributed by atoms with Crippen molar-refractivity contribution < 1.29 is 4.42 Å². The predicted molar refractivity (Wildman–Crippen MR) is 44.4 cm³/mol. The smallest absolute Gasteiger partial charge is 0.140 e. The van der Waals surface area contributed by atoms with Gasteiger partial charge in [-0.2, -0.15) is 0 Å². The molecule has 0 saturated carbocycles. The summed E-state index contributed by atoms with van der Waals surface area (Å²) < 4.78 is 5.20. The van der Waals surface area contributed by atoms with Gasteiger partial charge in [0.1, 0.15) is 13.4 Å². The van der Waals surface area contributed by atoms with E-state index in [2.05, 4.69) is 13.9 Å². The maximum atomic E-state index is 5.20. The first-order valence-corrected chi connectivity index (χ1v) is 3.31. The summed E-state index contributed by atoms with van der Waals surface area (Å²) in [5, 5.41) is 1.21. The van der Waals surface area contributed by atoms with Gasteiger partial charge in [-0.15, -0.1) is 0 Å². The standard InChI is InChI=1S/C8H7BO/c9-7-2-1-3-8-6(7)4-5-10-8/h1-5H,9H2. The molecule has 0 bridgehead atoms. The molecule has 0 atom stereocenters. The van der Waals surface area contributed by atoms with E-state index >= 15 is 0 Å². The first-order chi connectivity index (χ1) is 4.88. The fourth-order valence-electron chi connectivity index (χ4n) is 1.15. The van der Waals surface area contributed by atoms with E-state index < -0.39 is 0 Å². The van der Waals surface area contributed by atoms with Crippen molar-refractivity contribution >= 4 is 24.3 Å². The van der Waals surface area contributed by atoms with Crippen LogP contribution in [0.1, 0.15) is 0 Å².